The number of allylic oxidation sites excluding steroid dienone is 1. The molecule has 1 saturated heterocycles. The molecule has 0 aromatic rings. The van der Waals surface area contributed by atoms with E-state index in [2.05, 4.69) is 31.7 Å². The molecular weight excluding hydrogens is 286 g/mol. The first kappa shape index (κ1) is 17.4. The minimum absolute atomic E-state index is 0.353. The van der Waals surface area contributed by atoms with E-state index in [1.165, 1.54) is 44.1 Å². The van der Waals surface area contributed by atoms with Crippen molar-refractivity contribution in [1.29, 1.82) is 0 Å². The van der Waals surface area contributed by atoms with Crippen molar-refractivity contribution in [2.75, 3.05) is 26.3 Å². The SMILES string of the molecule is CCC1CCCCN1CC(O)COCC1=CCC2CC1C2(C)C. The molecule has 3 heteroatoms. The smallest absolute Gasteiger partial charge is 0.0900 e. The topological polar surface area (TPSA) is 32.7 Å². The van der Waals surface area contributed by atoms with Crippen LogP contribution < -0.4 is 0 Å². The standard InChI is InChI=1S/C20H35NO2/c1-4-17-7-5-6-10-21(17)12-18(22)14-23-13-15-8-9-16-11-19(15)20(16,2)3/h8,16-19,22H,4-7,9-14H2,1-3H3. The number of piperidine rings is 1. The maximum atomic E-state index is 10.3. The number of fused-ring (bicyclic) bond motifs is 1. The van der Waals surface area contributed by atoms with Gasteiger partial charge in [0.05, 0.1) is 19.3 Å². The van der Waals surface area contributed by atoms with E-state index in [1.807, 2.05) is 0 Å². The molecule has 4 aliphatic rings. The van der Waals surface area contributed by atoms with E-state index >= 15 is 0 Å². The molecule has 1 N–H and O–H groups in total. The minimum atomic E-state index is -0.353. The number of β-amino-alcohol motifs (C(OH)–C–C–N with tert-alkyl or cyclic N) is 1. The Labute approximate surface area is 142 Å². The van der Waals surface area contributed by atoms with E-state index in [0.717, 1.165) is 25.6 Å². The van der Waals surface area contributed by atoms with Gasteiger partial charge in [-0.25, -0.2) is 0 Å². The fourth-order valence-electron chi connectivity index (χ4n) is 5.04. The van der Waals surface area contributed by atoms with Crippen LogP contribution in [0.3, 0.4) is 0 Å². The number of rotatable bonds is 7. The molecular formula is C20H35NO2. The molecule has 23 heavy (non-hydrogen) atoms. The molecule has 4 rings (SSSR count). The van der Waals surface area contributed by atoms with Crippen LogP contribution in [0, 0.1) is 17.3 Å². The van der Waals surface area contributed by atoms with Gasteiger partial charge in [0.25, 0.3) is 0 Å². The summed E-state index contributed by atoms with van der Waals surface area (Å²) in [7, 11) is 0. The van der Waals surface area contributed by atoms with Gasteiger partial charge < -0.3 is 9.84 Å². The lowest BCUT2D eigenvalue weighted by Gasteiger charge is -2.56. The van der Waals surface area contributed by atoms with Gasteiger partial charge in [0, 0.05) is 12.6 Å². The number of aliphatic hydroxyl groups excluding tert-OH is 1. The number of likely N-dealkylation sites (tertiary alicyclic amines) is 1. The lowest BCUT2D eigenvalue weighted by molar-refractivity contribution is -0.0287. The molecule has 1 saturated carbocycles. The predicted molar refractivity (Wildman–Crippen MR) is 94.4 cm³/mol. The molecule has 3 aliphatic carbocycles. The summed E-state index contributed by atoms with van der Waals surface area (Å²) in [6.45, 7) is 10.2. The Kier molecular flexibility index (Phi) is 5.49. The van der Waals surface area contributed by atoms with Crippen molar-refractivity contribution in [3.63, 3.8) is 0 Å². The first-order chi connectivity index (χ1) is 11.0. The fourth-order valence-corrected chi connectivity index (χ4v) is 5.04. The summed E-state index contributed by atoms with van der Waals surface area (Å²) >= 11 is 0. The number of hydrogen-bond donors (Lipinski definition) is 1. The molecule has 3 nitrogen and oxygen atoms in total. The number of ether oxygens (including phenoxy) is 1. The molecule has 0 aromatic heterocycles. The van der Waals surface area contributed by atoms with Gasteiger partial charge in [-0.15, -0.1) is 0 Å². The quantitative estimate of drug-likeness (QED) is 0.727. The van der Waals surface area contributed by atoms with Gasteiger partial charge in [0.2, 0.25) is 0 Å². The molecule has 2 bridgehead atoms. The van der Waals surface area contributed by atoms with Crippen molar-refractivity contribution in [3.05, 3.63) is 11.6 Å². The van der Waals surface area contributed by atoms with Gasteiger partial charge in [-0.05, 0) is 61.5 Å². The average molecular weight is 322 g/mol. The van der Waals surface area contributed by atoms with Crippen LogP contribution in [0.2, 0.25) is 0 Å². The van der Waals surface area contributed by atoms with Crippen LogP contribution in [-0.2, 0) is 4.74 Å². The summed E-state index contributed by atoms with van der Waals surface area (Å²) in [5, 5.41) is 10.3. The third-order valence-electron chi connectivity index (χ3n) is 6.83. The molecule has 4 unspecified atom stereocenters. The highest BCUT2D eigenvalue weighted by molar-refractivity contribution is 5.23. The highest BCUT2D eigenvalue weighted by Gasteiger charge is 2.50. The summed E-state index contributed by atoms with van der Waals surface area (Å²) in [5.41, 5.74) is 1.95. The predicted octanol–water partition coefficient (Wildman–Crippen LogP) is 3.62. The van der Waals surface area contributed by atoms with Crippen molar-refractivity contribution in [3.8, 4) is 0 Å². The van der Waals surface area contributed by atoms with Gasteiger partial charge in [-0.2, -0.15) is 0 Å². The number of aliphatic hydroxyl groups is 1. The molecule has 0 spiro atoms. The van der Waals surface area contributed by atoms with Crippen molar-refractivity contribution in [2.24, 2.45) is 17.3 Å². The summed E-state index contributed by atoms with van der Waals surface area (Å²) < 4.78 is 5.89. The Morgan fingerprint density at radius 2 is 2.22 bits per heavy atom. The molecule has 132 valence electrons. The molecule has 4 atom stereocenters. The summed E-state index contributed by atoms with van der Waals surface area (Å²) in [5.74, 6) is 1.59. The molecule has 0 radical (unpaired) electrons. The minimum Gasteiger partial charge on any atom is -0.389 e. The van der Waals surface area contributed by atoms with Crippen molar-refractivity contribution < 1.29 is 9.84 Å². The number of hydrogen-bond acceptors (Lipinski definition) is 3. The van der Waals surface area contributed by atoms with Gasteiger partial charge in [0.1, 0.15) is 0 Å². The zero-order valence-corrected chi connectivity index (χ0v) is 15.3. The first-order valence-electron chi connectivity index (χ1n) is 9.71. The van der Waals surface area contributed by atoms with Crippen molar-refractivity contribution in [2.45, 2.75) is 71.4 Å². The van der Waals surface area contributed by atoms with E-state index in [1.54, 1.807) is 0 Å². The Hall–Kier alpha value is -0.380. The fraction of sp³-hybridized carbons (Fsp3) is 0.900. The van der Waals surface area contributed by atoms with Crippen LogP contribution >= 0.6 is 0 Å². The first-order valence-corrected chi connectivity index (χ1v) is 9.71. The van der Waals surface area contributed by atoms with E-state index in [-0.39, 0.29) is 6.10 Å². The van der Waals surface area contributed by atoms with E-state index in [9.17, 15) is 5.11 Å². The second-order valence-electron chi connectivity index (χ2n) is 8.54. The van der Waals surface area contributed by atoms with Crippen LogP contribution in [0.4, 0.5) is 0 Å². The molecule has 1 heterocycles. The molecule has 2 fully saturated rings. The van der Waals surface area contributed by atoms with Gasteiger partial charge in [-0.3, -0.25) is 4.90 Å². The van der Waals surface area contributed by atoms with Gasteiger partial charge >= 0.3 is 0 Å². The van der Waals surface area contributed by atoms with Crippen molar-refractivity contribution >= 4 is 0 Å². The third kappa shape index (κ3) is 3.67. The lowest BCUT2D eigenvalue weighted by Crippen LogP contribution is -2.49. The van der Waals surface area contributed by atoms with E-state index in [4.69, 9.17) is 4.74 Å². The normalized spacial score (nSPS) is 34.6. The maximum absolute atomic E-state index is 10.3. The third-order valence-corrected chi connectivity index (χ3v) is 6.83. The maximum Gasteiger partial charge on any atom is 0.0900 e. The Bertz CT molecular complexity index is 431. The zero-order valence-electron chi connectivity index (χ0n) is 15.3. The zero-order chi connectivity index (χ0) is 16.4. The van der Waals surface area contributed by atoms with Gasteiger partial charge in [-0.1, -0.05) is 33.3 Å². The molecule has 0 amide bonds. The Balaban J connectivity index is 1.40. The van der Waals surface area contributed by atoms with Crippen LogP contribution in [0.5, 0.6) is 0 Å². The highest BCUT2D eigenvalue weighted by Crippen LogP contribution is 2.59. The molecule has 0 aromatic carbocycles. The van der Waals surface area contributed by atoms with Crippen LogP contribution in [0.1, 0.15) is 59.3 Å². The largest absolute Gasteiger partial charge is 0.389 e. The summed E-state index contributed by atoms with van der Waals surface area (Å²) in [6, 6.07) is 0.659. The summed E-state index contributed by atoms with van der Waals surface area (Å²) in [6.07, 6.45) is 9.70. The average Bonchev–Trinajstić information content (AvgIpc) is 2.55. The van der Waals surface area contributed by atoms with E-state index < -0.39 is 0 Å². The second-order valence-corrected chi connectivity index (χ2v) is 8.54. The number of nitrogens with zero attached hydrogens (tertiary/aromatic N) is 1. The second kappa shape index (κ2) is 7.25. The van der Waals surface area contributed by atoms with Gasteiger partial charge in [0.15, 0.2) is 0 Å². The monoisotopic (exact) mass is 321 g/mol. The van der Waals surface area contributed by atoms with Crippen molar-refractivity contribution in [1.82, 2.24) is 4.90 Å². The van der Waals surface area contributed by atoms with Crippen LogP contribution in [0.15, 0.2) is 11.6 Å². The lowest BCUT2D eigenvalue weighted by atomic mass is 9.49. The van der Waals surface area contributed by atoms with Crippen LogP contribution in [-0.4, -0.2) is 48.5 Å². The molecule has 1 aliphatic heterocycles. The Morgan fingerprint density at radius 1 is 1.39 bits per heavy atom. The summed E-state index contributed by atoms with van der Waals surface area (Å²) in [4.78, 5) is 2.47. The van der Waals surface area contributed by atoms with Crippen LogP contribution in [0.25, 0.3) is 0 Å². The van der Waals surface area contributed by atoms with E-state index in [0.29, 0.717) is 24.0 Å². The highest BCUT2D eigenvalue weighted by atomic mass is 16.5. The Morgan fingerprint density at radius 3 is 2.91 bits per heavy atom.